The van der Waals surface area contributed by atoms with Crippen LogP contribution in [0.3, 0.4) is 0 Å². The van der Waals surface area contributed by atoms with Crippen molar-refractivity contribution in [2.75, 3.05) is 31.7 Å². The summed E-state index contributed by atoms with van der Waals surface area (Å²) >= 11 is 0. The molecular weight excluding hydrogens is 254 g/mol. The predicted molar refractivity (Wildman–Crippen MR) is 76.4 cm³/mol. The second kappa shape index (κ2) is 5.39. The average Bonchev–Trinajstić information content (AvgIpc) is 2.42. The molecule has 0 saturated carbocycles. The van der Waals surface area contributed by atoms with E-state index in [2.05, 4.69) is 16.0 Å². The van der Waals surface area contributed by atoms with Gasteiger partial charge < -0.3 is 14.7 Å². The molecular formula is C15H21N3O2. The summed E-state index contributed by atoms with van der Waals surface area (Å²) in [5, 5.41) is 19.5. The summed E-state index contributed by atoms with van der Waals surface area (Å²) in [6.07, 6.45) is 2.22. The largest absolute Gasteiger partial charge is 0.387 e. The molecule has 5 heteroatoms. The lowest BCUT2D eigenvalue weighted by Gasteiger charge is -2.50. The van der Waals surface area contributed by atoms with Gasteiger partial charge in [0.25, 0.3) is 0 Å². The lowest BCUT2D eigenvalue weighted by atomic mass is 9.70. The molecule has 0 spiro atoms. The Bertz CT molecular complexity index is 507. The van der Waals surface area contributed by atoms with Crippen molar-refractivity contribution in [1.29, 1.82) is 5.26 Å². The summed E-state index contributed by atoms with van der Waals surface area (Å²) in [6, 6.07) is 5.69. The maximum absolute atomic E-state index is 10.7. The first-order chi connectivity index (χ1) is 9.42. The molecule has 1 N–H and O–H groups in total. The Kier molecular flexibility index (Phi) is 3.98. The number of hydrogen-bond acceptors (Lipinski definition) is 5. The third-order valence-corrected chi connectivity index (χ3v) is 4.23. The third kappa shape index (κ3) is 2.62. The van der Waals surface area contributed by atoms with E-state index in [-0.39, 0.29) is 5.41 Å². The number of aliphatic hydroxyl groups is 1. The molecule has 1 saturated heterocycles. The number of hydrogen-bond donors (Lipinski definition) is 1. The number of pyridine rings is 1. The number of ether oxygens (including phenoxy) is 1. The molecule has 0 aliphatic carbocycles. The molecule has 0 amide bonds. The number of piperidine rings is 1. The Morgan fingerprint density at radius 1 is 1.50 bits per heavy atom. The highest BCUT2D eigenvalue weighted by Crippen LogP contribution is 2.39. The molecule has 0 unspecified atom stereocenters. The molecule has 1 aliphatic heterocycles. The average molecular weight is 275 g/mol. The normalized spacial score (nSPS) is 25.2. The van der Waals surface area contributed by atoms with Crippen LogP contribution in [0.4, 0.5) is 5.82 Å². The highest BCUT2D eigenvalue weighted by molar-refractivity contribution is 5.43. The van der Waals surface area contributed by atoms with E-state index < -0.39 is 5.60 Å². The van der Waals surface area contributed by atoms with E-state index >= 15 is 0 Å². The molecule has 2 heterocycles. The van der Waals surface area contributed by atoms with Crippen molar-refractivity contribution < 1.29 is 9.84 Å². The van der Waals surface area contributed by atoms with Crippen LogP contribution >= 0.6 is 0 Å². The highest BCUT2D eigenvalue weighted by atomic mass is 16.5. The number of methoxy groups -OCH3 is 1. The van der Waals surface area contributed by atoms with E-state index in [1.165, 1.54) is 0 Å². The number of aromatic nitrogens is 1. The van der Waals surface area contributed by atoms with Gasteiger partial charge in [0.1, 0.15) is 11.9 Å². The molecule has 20 heavy (non-hydrogen) atoms. The molecule has 2 rings (SSSR count). The first-order valence-corrected chi connectivity index (χ1v) is 6.74. The van der Waals surface area contributed by atoms with Gasteiger partial charge in [0.15, 0.2) is 0 Å². The van der Waals surface area contributed by atoms with Crippen molar-refractivity contribution in [3.8, 4) is 6.07 Å². The summed E-state index contributed by atoms with van der Waals surface area (Å²) in [5.74, 6) is 0.844. The summed E-state index contributed by atoms with van der Waals surface area (Å²) in [4.78, 5) is 6.47. The molecule has 1 aromatic rings. The molecule has 0 aromatic carbocycles. The second-order valence-corrected chi connectivity index (χ2v) is 6.04. The zero-order valence-corrected chi connectivity index (χ0v) is 12.3. The van der Waals surface area contributed by atoms with Crippen LogP contribution in [-0.4, -0.2) is 42.5 Å². The first-order valence-electron chi connectivity index (χ1n) is 6.74. The van der Waals surface area contributed by atoms with Crippen LogP contribution in [0.15, 0.2) is 18.3 Å². The third-order valence-electron chi connectivity index (χ3n) is 4.23. The lowest BCUT2D eigenvalue weighted by molar-refractivity contribution is -0.122. The van der Waals surface area contributed by atoms with E-state index in [4.69, 9.17) is 10.00 Å². The Labute approximate surface area is 119 Å². The standard InChI is InChI=1S/C15H21N3O2/c1-14(2)10-18(7-6-15(14,19)11-20-3)13-5-4-12(8-16)9-17-13/h4-5,9,19H,6-7,10-11H2,1-3H3/t15-/m1/s1. The molecule has 5 nitrogen and oxygen atoms in total. The molecule has 1 atom stereocenters. The monoisotopic (exact) mass is 275 g/mol. The SMILES string of the molecule is COC[C@]1(O)CCN(c2ccc(C#N)cn2)CC1(C)C. The van der Waals surface area contributed by atoms with Gasteiger partial charge in [-0.25, -0.2) is 4.98 Å². The number of rotatable bonds is 3. The van der Waals surface area contributed by atoms with Gasteiger partial charge in [0.2, 0.25) is 0 Å². The highest BCUT2D eigenvalue weighted by Gasteiger charge is 2.47. The maximum atomic E-state index is 10.7. The van der Waals surface area contributed by atoms with Crippen molar-refractivity contribution in [1.82, 2.24) is 4.98 Å². The van der Waals surface area contributed by atoms with Crippen LogP contribution in [0, 0.1) is 16.7 Å². The minimum atomic E-state index is -0.815. The van der Waals surface area contributed by atoms with Crippen molar-refractivity contribution >= 4 is 5.82 Å². The fourth-order valence-corrected chi connectivity index (χ4v) is 2.70. The molecule has 108 valence electrons. The summed E-state index contributed by atoms with van der Waals surface area (Å²) in [5.41, 5.74) is -0.553. The van der Waals surface area contributed by atoms with Gasteiger partial charge in [0, 0.05) is 31.8 Å². The van der Waals surface area contributed by atoms with Crippen molar-refractivity contribution in [2.45, 2.75) is 25.9 Å². The quantitative estimate of drug-likeness (QED) is 0.906. The van der Waals surface area contributed by atoms with Gasteiger partial charge in [0.05, 0.1) is 17.8 Å². The van der Waals surface area contributed by atoms with Gasteiger partial charge in [-0.1, -0.05) is 13.8 Å². The molecule has 1 aromatic heterocycles. The van der Waals surface area contributed by atoms with Crippen molar-refractivity contribution in [3.63, 3.8) is 0 Å². The Balaban J connectivity index is 2.16. The van der Waals surface area contributed by atoms with Crippen LogP contribution in [0.25, 0.3) is 0 Å². The minimum absolute atomic E-state index is 0.295. The fraction of sp³-hybridized carbons (Fsp3) is 0.600. The summed E-state index contributed by atoms with van der Waals surface area (Å²) in [6.45, 7) is 5.85. The van der Waals surface area contributed by atoms with Gasteiger partial charge in [-0.3, -0.25) is 0 Å². The van der Waals surface area contributed by atoms with E-state index in [9.17, 15) is 5.11 Å². The lowest BCUT2D eigenvalue weighted by Crippen LogP contribution is -2.59. The smallest absolute Gasteiger partial charge is 0.128 e. The molecule has 0 radical (unpaired) electrons. The summed E-state index contributed by atoms with van der Waals surface area (Å²) in [7, 11) is 1.61. The molecule has 1 aliphatic rings. The second-order valence-electron chi connectivity index (χ2n) is 6.04. The number of nitriles is 1. The Hall–Kier alpha value is -1.64. The van der Waals surface area contributed by atoms with Crippen molar-refractivity contribution in [3.05, 3.63) is 23.9 Å². The Morgan fingerprint density at radius 2 is 2.25 bits per heavy atom. The van der Waals surface area contributed by atoms with Crippen LogP contribution in [0.5, 0.6) is 0 Å². The van der Waals surface area contributed by atoms with Gasteiger partial charge >= 0.3 is 0 Å². The molecule has 0 bridgehead atoms. The van der Waals surface area contributed by atoms with E-state index in [0.717, 1.165) is 12.4 Å². The van der Waals surface area contributed by atoms with E-state index in [1.807, 2.05) is 19.9 Å². The summed E-state index contributed by atoms with van der Waals surface area (Å²) < 4.78 is 5.17. The zero-order valence-electron chi connectivity index (χ0n) is 12.3. The molecule has 1 fully saturated rings. The van der Waals surface area contributed by atoms with Crippen LogP contribution in [0.2, 0.25) is 0 Å². The maximum Gasteiger partial charge on any atom is 0.128 e. The van der Waals surface area contributed by atoms with E-state index in [0.29, 0.717) is 25.1 Å². The van der Waals surface area contributed by atoms with Crippen LogP contribution in [0.1, 0.15) is 25.8 Å². The Morgan fingerprint density at radius 3 is 2.75 bits per heavy atom. The predicted octanol–water partition coefficient (Wildman–Crippen LogP) is 1.57. The van der Waals surface area contributed by atoms with Crippen LogP contribution in [-0.2, 0) is 4.74 Å². The minimum Gasteiger partial charge on any atom is -0.387 e. The van der Waals surface area contributed by atoms with Gasteiger partial charge in [-0.15, -0.1) is 0 Å². The van der Waals surface area contributed by atoms with Gasteiger partial charge in [-0.05, 0) is 18.6 Å². The van der Waals surface area contributed by atoms with Gasteiger partial charge in [-0.2, -0.15) is 5.26 Å². The van der Waals surface area contributed by atoms with E-state index in [1.54, 1.807) is 19.4 Å². The van der Waals surface area contributed by atoms with Crippen molar-refractivity contribution in [2.24, 2.45) is 5.41 Å². The fourth-order valence-electron chi connectivity index (χ4n) is 2.70. The first kappa shape index (κ1) is 14.8. The van der Waals surface area contributed by atoms with Crippen LogP contribution < -0.4 is 4.90 Å². The topological polar surface area (TPSA) is 69.4 Å². The number of nitrogens with zero attached hydrogens (tertiary/aromatic N) is 3. The zero-order chi connectivity index (χ0) is 14.8. The number of anilines is 1.